The zero-order valence-corrected chi connectivity index (χ0v) is 17.3. The van der Waals surface area contributed by atoms with Gasteiger partial charge in [0.05, 0.1) is 13.7 Å². The Labute approximate surface area is 174 Å². The van der Waals surface area contributed by atoms with Gasteiger partial charge in [0.1, 0.15) is 12.1 Å². The van der Waals surface area contributed by atoms with Gasteiger partial charge in [0.2, 0.25) is 5.91 Å². The van der Waals surface area contributed by atoms with E-state index in [1.165, 1.54) is 0 Å². The van der Waals surface area contributed by atoms with E-state index in [-0.39, 0.29) is 18.9 Å². The Morgan fingerprint density at radius 1 is 1.21 bits per heavy atom. The van der Waals surface area contributed by atoms with Gasteiger partial charge < -0.3 is 14.7 Å². The van der Waals surface area contributed by atoms with E-state index in [1.54, 1.807) is 0 Å². The molecule has 2 aliphatic rings. The summed E-state index contributed by atoms with van der Waals surface area (Å²) >= 11 is 3.35. The predicted molar refractivity (Wildman–Crippen MR) is 102 cm³/mol. The van der Waals surface area contributed by atoms with Crippen LogP contribution in [0.3, 0.4) is 0 Å². The van der Waals surface area contributed by atoms with Crippen LogP contribution in [-0.4, -0.2) is 71.1 Å². The molecule has 2 amide bonds. The molecule has 29 heavy (non-hydrogen) atoms. The van der Waals surface area contributed by atoms with Crippen LogP contribution in [0.4, 0.5) is 13.6 Å². The number of rotatable bonds is 4. The molecule has 0 spiro atoms. The molecule has 2 saturated heterocycles. The quantitative estimate of drug-likeness (QED) is 0.677. The van der Waals surface area contributed by atoms with E-state index in [0.29, 0.717) is 6.42 Å². The largest absolute Gasteiger partial charge is 0.467 e. The molecule has 2 fully saturated rings. The molecular formula is C19H21BrF2N2O5. The highest BCUT2D eigenvalue weighted by Crippen LogP contribution is 2.36. The number of alkyl halides is 2. The van der Waals surface area contributed by atoms with Crippen molar-refractivity contribution in [1.29, 1.82) is 0 Å². The van der Waals surface area contributed by atoms with Crippen molar-refractivity contribution < 1.29 is 33.0 Å². The minimum Gasteiger partial charge on any atom is -0.467 e. The zero-order chi connectivity index (χ0) is 21.3. The van der Waals surface area contributed by atoms with Crippen LogP contribution in [0.5, 0.6) is 0 Å². The fourth-order valence-corrected chi connectivity index (χ4v) is 4.32. The van der Waals surface area contributed by atoms with Gasteiger partial charge in [-0.2, -0.15) is 0 Å². The van der Waals surface area contributed by atoms with E-state index in [9.17, 15) is 28.3 Å². The topological polar surface area (TPSA) is 87.2 Å². The maximum absolute atomic E-state index is 13.9. The second-order valence-electron chi connectivity index (χ2n) is 7.45. The van der Waals surface area contributed by atoms with Crippen molar-refractivity contribution in [3.8, 4) is 0 Å². The first-order chi connectivity index (χ1) is 13.6. The van der Waals surface area contributed by atoms with Crippen molar-refractivity contribution in [2.45, 2.75) is 37.3 Å². The molecule has 2 aliphatic heterocycles. The van der Waals surface area contributed by atoms with E-state index in [4.69, 9.17) is 0 Å². The first-order valence-electron chi connectivity index (χ1n) is 9.11. The Morgan fingerprint density at radius 3 is 2.45 bits per heavy atom. The Balaban J connectivity index is 1.77. The molecule has 1 aromatic rings. The van der Waals surface area contributed by atoms with Crippen LogP contribution in [0, 0.1) is 5.92 Å². The number of ether oxygens (including phenoxy) is 1. The number of halogens is 3. The molecule has 1 N–H and O–H groups in total. The summed E-state index contributed by atoms with van der Waals surface area (Å²) in [6, 6.07) is 5.03. The van der Waals surface area contributed by atoms with Crippen LogP contribution < -0.4 is 0 Å². The molecule has 0 aliphatic carbocycles. The third kappa shape index (κ3) is 4.68. The standard InChI is InChI=1S/C19H21BrF2N2O5/c1-29-17(26)15-8-19(21,22)10-24(15)16(25)14-7-12(9-23(14)18(27)28)6-11-2-4-13(20)5-3-11/h2-5,12,14-15H,6-10H2,1H3,(H,27,28)/t12-,14+,15?/m1/s1. The molecule has 158 valence electrons. The minimum atomic E-state index is -3.22. The van der Waals surface area contributed by atoms with Crippen LogP contribution in [0.15, 0.2) is 28.7 Å². The summed E-state index contributed by atoms with van der Waals surface area (Å²) in [5, 5.41) is 9.53. The molecule has 0 radical (unpaired) electrons. The number of carboxylic acid groups (broad SMARTS) is 1. The highest BCUT2D eigenvalue weighted by molar-refractivity contribution is 9.10. The molecular weight excluding hydrogens is 454 g/mol. The lowest BCUT2D eigenvalue weighted by Crippen LogP contribution is -2.51. The number of likely N-dealkylation sites (tertiary alicyclic amines) is 2. The smallest absolute Gasteiger partial charge is 0.407 e. The average molecular weight is 475 g/mol. The van der Waals surface area contributed by atoms with Gasteiger partial charge in [0, 0.05) is 17.4 Å². The van der Waals surface area contributed by atoms with Gasteiger partial charge in [-0.1, -0.05) is 28.1 Å². The van der Waals surface area contributed by atoms with Crippen molar-refractivity contribution in [3.05, 3.63) is 34.3 Å². The first-order valence-corrected chi connectivity index (χ1v) is 9.90. The lowest BCUT2D eigenvalue weighted by atomic mass is 9.96. The van der Waals surface area contributed by atoms with Gasteiger partial charge in [-0.25, -0.2) is 18.4 Å². The number of hydrogen-bond acceptors (Lipinski definition) is 4. The maximum Gasteiger partial charge on any atom is 0.407 e. The highest BCUT2D eigenvalue weighted by Gasteiger charge is 2.53. The summed E-state index contributed by atoms with van der Waals surface area (Å²) in [5.74, 6) is -5.07. The normalized spacial score (nSPS) is 25.9. The number of hydrogen-bond donors (Lipinski definition) is 1. The molecule has 3 atom stereocenters. The zero-order valence-electron chi connectivity index (χ0n) is 15.7. The Bertz CT molecular complexity index is 804. The van der Waals surface area contributed by atoms with Crippen molar-refractivity contribution in [3.63, 3.8) is 0 Å². The lowest BCUT2D eigenvalue weighted by molar-refractivity contribution is -0.152. The lowest BCUT2D eigenvalue weighted by Gasteiger charge is -2.28. The molecule has 0 saturated carbocycles. The van der Waals surface area contributed by atoms with Crippen molar-refractivity contribution >= 4 is 33.9 Å². The molecule has 2 heterocycles. The van der Waals surface area contributed by atoms with Gasteiger partial charge in [-0.15, -0.1) is 0 Å². The Hall–Kier alpha value is -2.23. The third-order valence-corrected chi connectivity index (χ3v) is 5.91. The molecule has 7 nitrogen and oxygen atoms in total. The fourth-order valence-electron chi connectivity index (χ4n) is 4.06. The summed E-state index contributed by atoms with van der Waals surface area (Å²) in [7, 11) is 1.06. The van der Waals surface area contributed by atoms with E-state index in [0.717, 1.165) is 26.9 Å². The fraction of sp³-hybridized carbons (Fsp3) is 0.526. The molecule has 0 bridgehead atoms. The van der Waals surface area contributed by atoms with Gasteiger partial charge in [0.15, 0.2) is 0 Å². The van der Waals surface area contributed by atoms with Gasteiger partial charge in [0.25, 0.3) is 5.92 Å². The summed E-state index contributed by atoms with van der Waals surface area (Å²) in [5.41, 5.74) is 0.983. The number of nitrogens with zero attached hydrogens (tertiary/aromatic N) is 2. The van der Waals surface area contributed by atoms with Crippen LogP contribution >= 0.6 is 15.9 Å². The average Bonchev–Trinajstić information content (AvgIpc) is 3.23. The monoisotopic (exact) mass is 474 g/mol. The third-order valence-electron chi connectivity index (χ3n) is 5.38. The maximum atomic E-state index is 13.9. The SMILES string of the molecule is COC(=O)C1CC(F)(F)CN1C(=O)[C@@H]1C[C@@H](Cc2ccc(Br)cc2)CN1C(=O)O. The van der Waals surface area contributed by atoms with E-state index in [1.807, 2.05) is 24.3 Å². The summed E-state index contributed by atoms with van der Waals surface area (Å²) in [4.78, 5) is 38.3. The molecule has 1 unspecified atom stereocenters. The number of benzene rings is 1. The minimum absolute atomic E-state index is 0.120. The second-order valence-corrected chi connectivity index (χ2v) is 8.36. The number of amides is 2. The molecule has 10 heteroatoms. The Morgan fingerprint density at radius 2 is 1.86 bits per heavy atom. The molecule has 0 aromatic heterocycles. The van der Waals surface area contributed by atoms with Gasteiger partial charge in [-0.3, -0.25) is 9.69 Å². The van der Waals surface area contributed by atoms with Crippen LogP contribution in [-0.2, 0) is 20.7 Å². The van der Waals surface area contributed by atoms with Crippen molar-refractivity contribution in [1.82, 2.24) is 9.80 Å². The molecule has 1 aromatic carbocycles. The highest BCUT2D eigenvalue weighted by atomic mass is 79.9. The van der Waals surface area contributed by atoms with Crippen molar-refractivity contribution in [2.75, 3.05) is 20.2 Å². The Kier molecular flexibility index (Phi) is 6.11. The van der Waals surface area contributed by atoms with Crippen LogP contribution in [0.1, 0.15) is 18.4 Å². The van der Waals surface area contributed by atoms with E-state index >= 15 is 0 Å². The van der Waals surface area contributed by atoms with Crippen LogP contribution in [0.2, 0.25) is 0 Å². The summed E-state index contributed by atoms with van der Waals surface area (Å²) in [6.45, 7) is -0.804. The van der Waals surface area contributed by atoms with E-state index in [2.05, 4.69) is 20.7 Å². The van der Waals surface area contributed by atoms with Gasteiger partial charge in [-0.05, 0) is 36.5 Å². The van der Waals surface area contributed by atoms with Crippen LogP contribution in [0.25, 0.3) is 0 Å². The summed E-state index contributed by atoms with van der Waals surface area (Å²) < 4.78 is 33.3. The first kappa shape index (κ1) is 21.5. The van der Waals surface area contributed by atoms with Gasteiger partial charge >= 0.3 is 12.1 Å². The second kappa shape index (κ2) is 8.25. The number of carbonyl (C=O) groups is 3. The predicted octanol–water partition coefficient (Wildman–Crippen LogP) is 2.77. The van der Waals surface area contributed by atoms with E-state index < -0.39 is 48.9 Å². The van der Waals surface area contributed by atoms with Crippen molar-refractivity contribution in [2.24, 2.45) is 5.92 Å². The number of esters is 1. The number of methoxy groups -OCH3 is 1. The molecule has 3 rings (SSSR count). The summed E-state index contributed by atoms with van der Waals surface area (Å²) in [6.07, 6.45) is -1.36. The number of carbonyl (C=O) groups excluding carboxylic acids is 2.